The van der Waals surface area contributed by atoms with Gasteiger partial charge in [-0.2, -0.15) is 0 Å². The highest BCUT2D eigenvalue weighted by Crippen LogP contribution is 2.39. The fourth-order valence-electron chi connectivity index (χ4n) is 1.10. The molecule has 1 nitrogen and oxygen atoms in total. The maximum absolute atomic E-state index is 5.40. The van der Waals surface area contributed by atoms with E-state index in [1.54, 1.807) is 0 Å². The number of rotatable bonds is 2. The predicted molar refractivity (Wildman–Crippen MR) is 30.9 cm³/mol. The zero-order chi connectivity index (χ0) is 5.28. The first-order chi connectivity index (χ1) is 3.38. The van der Waals surface area contributed by atoms with Gasteiger partial charge in [0.1, 0.15) is 0 Å². The van der Waals surface area contributed by atoms with Crippen molar-refractivity contribution in [3.05, 3.63) is 0 Å². The highest BCUT2D eigenvalue weighted by molar-refractivity contribution is 4.85. The van der Waals surface area contributed by atoms with Crippen molar-refractivity contribution in [1.82, 2.24) is 0 Å². The largest absolute Gasteiger partial charge is 0.330 e. The van der Waals surface area contributed by atoms with E-state index in [2.05, 4.69) is 6.92 Å². The van der Waals surface area contributed by atoms with E-state index in [1.807, 2.05) is 0 Å². The number of hydrogen-bond donors (Lipinski definition) is 1. The van der Waals surface area contributed by atoms with Crippen LogP contribution in [0.1, 0.15) is 19.8 Å². The molecule has 1 aliphatic carbocycles. The SMILES string of the molecule is CC[C@@H]1C[C@@H]1CN. The molecule has 0 heterocycles. The van der Waals surface area contributed by atoms with Gasteiger partial charge >= 0.3 is 0 Å². The van der Waals surface area contributed by atoms with E-state index in [0.717, 1.165) is 18.4 Å². The van der Waals surface area contributed by atoms with E-state index in [4.69, 9.17) is 5.73 Å². The van der Waals surface area contributed by atoms with Gasteiger partial charge in [0.2, 0.25) is 0 Å². The van der Waals surface area contributed by atoms with Crippen molar-refractivity contribution in [3.8, 4) is 0 Å². The van der Waals surface area contributed by atoms with Crippen LogP contribution in [0.2, 0.25) is 0 Å². The van der Waals surface area contributed by atoms with Crippen LogP contribution in [0.15, 0.2) is 0 Å². The minimum absolute atomic E-state index is 0.894. The average molecular weight is 99.2 g/mol. The van der Waals surface area contributed by atoms with Gasteiger partial charge in [-0.15, -0.1) is 0 Å². The Morgan fingerprint density at radius 2 is 2.29 bits per heavy atom. The molecule has 0 amide bonds. The van der Waals surface area contributed by atoms with Gasteiger partial charge in [0, 0.05) is 0 Å². The van der Waals surface area contributed by atoms with Crippen molar-refractivity contribution >= 4 is 0 Å². The van der Waals surface area contributed by atoms with E-state index in [0.29, 0.717) is 0 Å². The molecule has 0 aromatic heterocycles. The summed E-state index contributed by atoms with van der Waals surface area (Å²) in [4.78, 5) is 0. The Balaban J connectivity index is 2.06. The van der Waals surface area contributed by atoms with E-state index >= 15 is 0 Å². The Morgan fingerprint density at radius 3 is 2.43 bits per heavy atom. The smallest absolute Gasteiger partial charge is 0.00461 e. The van der Waals surface area contributed by atoms with Crippen LogP contribution >= 0.6 is 0 Å². The minimum Gasteiger partial charge on any atom is -0.330 e. The van der Waals surface area contributed by atoms with Crippen molar-refractivity contribution in [2.45, 2.75) is 19.8 Å². The van der Waals surface area contributed by atoms with Crippen LogP contribution in [0.3, 0.4) is 0 Å². The summed E-state index contributed by atoms with van der Waals surface area (Å²) in [5.74, 6) is 1.88. The predicted octanol–water partition coefficient (Wildman–Crippen LogP) is 0.991. The fourth-order valence-corrected chi connectivity index (χ4v) is 1.10. The molecule has 1 fully saturated rings. The first-order valence-corrected chi connectivity index (χ1v) is 3.08. The van der Waals surface area contributed by atoms with Crippen LogP contribution in [0.4, 0.5) is 0 Å². The standard InChI is InChI=1S/C6H13N/c1-2-5-3-6(5)4-7/h5-6H,2-4,7H2,1H3/t5-,6-/m1/s1. The molecule has 7 heavy (non-hydrogen) atoms. The first kappa shape index (κ1) is 5.10. The number of nitrogens with two attached hydrogens (primary N) is 1. The molecular formula is C6H13N. The molecule has 2 N–H and O–H groups in total. The quantitative estimate of drug-likeness (QED) is 0.549. The van der Waals surface area contributed by atoms with Crippen molar-refractivity contribution < 1.29 is 0 Å². The molecule has 2 atom stereocenters. The summed E-state index contributed by atoms with van der Waals surface area (Å²) >= 11 is 0. The molecule has 0 aliphatic heterocycles. The normalized spacial score (nSPS) is 38.6. The molecule has 1 heteroatoms. The number of hydrogen-bond acceptors (Lipinski definition) is 1. The molecule has 0 aromatic carbocycles. The lowest BCUT2D eigenvalue weighted by atomic mass is 10.3. The first-order valence-electron chi connectivity index (χ1n) is 3.08. The monoisotopic (exact) mass is 99.1 g/mol. The summed E-state index contributed by atoms with van der Waals surface area (Å²) in [6.45, 7) is 3.15. The Morgan fingerprint density at radius 1 is 1.57 bits per heavy atom. The Kier molecular flexibility index (Phi) is 1.33. The summed E-state index contributed by atoms with van der Waals surface area (Å²) < 4.78 is 0. The Bertz CT molecular complexity index is 53.2. The lowest BCUT2D eigenvalue weighted by Crippen LogP contribution is -2.01. The molecule has 0 unspecified atom stereocenters. The van der Waals surface area contributed by atoms with Gasteiger partial charge in [0.25, 0.3) is 0 Å². The van der Waals surface area contributed by atoms with Gasteiger partial charge in [0.05, 0.1) is 0 Å². The van der Waals surface area contributed by atoms with Gasteiger partial charge in [-0.25, -0.2) is 0 Å². The Labute approximate surface area is 44.9 Å². The summed E-state index contributed by atoms with van der Waals surface area (Å²) in [5.41, 5.74) is 5.40. The maximum Gasteiger partial charge on any atom is -0.00461 e. The van der Waals surface area contributed by atoms with Gasteiger partial charge in [-0.1, -0.05) is 13.3 Å². The highest BCUT2D eigenvalue weighted by Gasteiger charge is 2.33. The molecule has 1 saturated carbocycles. The van der Waals surface area contributed by atoms with E-state index < -0.39 is 0 Å². The molecule has 1 aliphatic rings. The third kappa shape index (κ3) is 0.942. The van der Waals surface area contributed by atoms with Crippen LogP contribution < -0.4 is 5.73 Å². The van der Waals surface area contributed by atoms with Crippen molar-refractivity contribution in [3.63, 3.8) is 0 Å². The molecule has 1 rings (SSSR count). The highest BCUT2D eigenvalue weighted by atomic mass is 14.6. The molecule has 0 saturated heterocycles. The zero-order valence-corrected chi connectivity index (χ0v) is 4.85. The van der Waals surface area contributed by atoms with Gasteiger partial charge in [-0.05, 0) is 24.8 Å². The van der Waals surface area contributed by atoms with Crippen LogP contribution in [-0.4, -0.2) is 6.54 Å². The molecule has 0 radical (unpaired) electrons. The topological polar surface area (TPSA) is 26.0 Å². The summed E-state index contributed by atoms with van der Waals surface area (Å²) in [6, 6.07) is 0. The molecular weight excluding hydrogens is 86.1 g/mol. The maximum atomic E-state index is 5.40. The summed E-state index contributed by atoms with van der Waals surface area (Å²) in [5, 5.41) is 0. The Hall–Kier alpha value is -0.0400. The lowest BCUT2D eigenvalue weighted by molar-refractivity contribution is 0.687. The molecule has 42 valence electrons. The minimum atomic E-state index is 0.894. The third-order valence-corrected chi connectivity index (χ3v) is 1.90. The van der Waals surface area contributed by atoms with E-state index in [-0.39, 0.29) is 0 Å². The van der Waals surface area contributed by atoms with Crippen molar-refractivity contribution in [2.75, 3.05) is 6.54 Å². The van der Waals surface area contributed by atoms with E-state index in [1.165, 1.54) is 12.8 Å². The second-order valence-electron chi connectivity index (χ2n) is 2.40. The third-order valence-electron chi connectivity index (χ3n) is 1.90. The van der Waals surface area contributed by atoms with Crippen LogP contribution in [0, 0.1) is 11.8 Å². The van der Waals surface area contributed by atoms with Gasteiger partial charge < -0.3 is 5.73 Å². The van der Waals surface area contributed by atoms with Crippen LogP contribution in [0.25, 0.3) is 0 Å². The summed E-state index contributed by atoms with van der Waals surface area (Å²) in [7, 11) is 0. The molecule has 0 spiro atoms. The fraction of sp³-hybridized carbons (Fsp3) is 1.00. The average Bonchev–Trinajstić information content (AvgIpc) is 2.43. The second kappa shape index (κ2) is 1.83. The molecule has 0 bridgehead atoms. The summed E-state index contributed by atoms with van der Waals surface area (Å²) in [6.07, 6.45) is 2.73. The lowest BCUT2D eigenvalue weighted by Gasteiger charge is -1.85. The molecule has 0 aromatic rings. The zero-order valence-electron chi connectivity index (χ0n) is 4.85. The van der Waals surface area contributed by atoms with Crippen LogP contribution in [0.5, 0.6) is 0 Å². The second-order valence-corrected chi connectivity index (χ2v) is 2.40. The van der Waals surface area contributed by atoms with Crippen LogP contribution in [-0.2, 0) is 0 Å². The van der Waals surface area contributed by atoms with Gasteiger partial charge in [0.15, 0.2) is 0 Å². The van der Waals surface area contributed by atoms with Gasteiger partial charge in [-0.3, -0.25) is 0 Å². The van der Waals surface area contributed by atoms with Crippen molar-refractivity contribution in [2.24, 2.45) is 17.6 Å². The van der Waals surface area contributed by atoms with Crippen molar-refractivity contribution in [1.29, 1.82) is 0 Å². The van der Waals surface area contributed by atoms with E-state index in [9.17, 15) is 0 Å².